The Morgan fingerprint density at radius 3 is 2.58 bits per heavy atom. The van der Waals surface area contributed by atoms with Crippen LogP contribution in [0.25, 0.3) is 10.9 Å². The first-order valence-corrected chi connectivity index (χ1v) is 6.75. The van der Waals surface area contributed by atoms with Crippen molar-refractivity contribution in [3.8, 4) is 0 Å². The fourth-order valence-electron chi connectivity index (χ4n) is 2.28. The van der Waals surface area contributed by atoms with E-state index in [0.29, 0.717) is 0 Å². The molecular weight excluding hydrogens is 230 g/mol. The Kier molecular flexibility index (Phi) is 4.16. The van der Waals surface area contributed by atoms with E-state index in [1.54, 1.807) is 0 Å². The van der Waals surface area contributed by atoms with Crippen molar-refractivity contribution in [2.75, 3.05) is 0 Å². The maximum Gasteiger partial charge on any atom is 0.0737 e. The van der Waals surface area contributed by atoms with Gasteiger partial charge in [-0.25, -0.2) is 0 Å². The molecule has 0 saturated heterocycles. The van der Waals surface area contributed by atoms with Gasteiger partial charge in [0, 0.05) is 11.6 Å². The van der Waals surface area contributed by atoms with Gasteiger partial charge in [0.05, 0.1) is 5.52 Å². The summed E-state index contributed by atoms with van der Waals surface area (Å²) < 4.78 is 0. The van der Waals surface area contributed by atoms with Crippen molar-refractivity contribution < 1.29 is 0 Å². The highest BCUT2D eigenvalue weighted by atomic mass is 14.6. The molecule has 0 spiro atoms. The van der Waals surface area contributed by atoms with Crippen LogP contribution >= 0.6 is 0 Å². The van der Waals surface area contributed by atoms with Crippen LogP contribution in [-0.2, 0) is 6.42 Å². The molecule has 2 rings (SSSR count). The van der Waals surface area contributed by atoms with Crippen LogP contribution in [0, 0.1) is 0 Å². The summed E-state index contributed by atoms with van der Waals surface area (Å²) >= 11 is 0. The molecule has 0 atom stereocenters. The summed E-state index contributed by atoms with van der Waals surface area (Å²) in [6.45, 7) is 8.67. The van der Waals surface area contributed by atoms with Crippen LogP contribution in [0.15, 0.2) is 59.3 Å². The highest BCUT2D eigenvalue weighted by Crippen LogP contribution is 2.22. The second-order valence-corrected chi connectivity index (χ2v) is 5.05. The molecule has 0 fully saturated rings. The Morgan fingerprint density at radius 2 is 1.84 bits per heavy atom. The highest BCUT2D eigenvalue weighted by Gasteiger charge is 2.05. The smallest absolute Gasteiger partial charge is 0.0737 e. The first-order chi connectivity index (χ1) is 9.13. The van der Waals surface area contributed by atoms with Crippen molar-refractivity contribution in [2.24, 2.45) is 0 Å². The number of benzene rings is 1. The molecule has 0 aliphatic heterocycles. The minimum absolute atomic E-state index is 0.964. The van der Waals surface area contributed by atoms with E-state index in [0.717, 1.165) is 11.9 Å². The zero-order chi connectivity index (χ0) is 13.8. The van der Waals surface area contributed by atoms with Gasteiger partial charge in [0.15, 0.2) is 0 Å². The minimum Gasteiger partial charge on any atom is -0.256 e. The maximum absolute atomic E-state index is 4.52. The van der Waals surface area contributed by atoms with E-state index < -0.39 is 0 Å². The molecule has 0 unspecified atom stereocenters. The first kappa shape index (κ1) is 13.5. The Labute approximate surface area is 115 Å². The van der Waals surface area contributed by atoms with Crippen molar-refractivity contribution in [3.05, 3.63) is 64.9 Å². The largest absolute Gasteiger partial charge is 0.256 e. The number of pyridine rings is 1. The number of aromatic nitrogens is 1. The molecule has 0 saturated carbocycles. The van der Waals surface area contributed by atoms with Gasteiger partial charge in [-0.2, -0.15) is 0 Å². The van der Waals surface area contributed by atoms with E-state index in [9.17, 15) is 0 Å². The van der Waals surface area contributed by atoms with Gasteiger partial charge in [0.1, 0.15) is 0 Å². The highest BCUT2D eigenvalue weighted by molar-refractivity contribution is 5.81. The van der Waals surface area contributed by atoms with E-state index >= 15 is 0 Å². The molecule has 1 nitrogen and oxygen atoms in total. The van der Waals surface area contributed by atoms with Crippen LogP contribution in [0.5, 0.6) is 0 Å². The Bertz CT molecular complexity index is 642. The third-order valence-corrected chi connectivity index (χ3v) is 3.84. The van der Waals surface area contributed by atoms with Crippen LogP contribution in [0.2, 0.25) is 0 Å². The van der Waals surface area contributed by atoms with Crippen LogP contribution < -0.4 is 0 Å². The zero-order valence-corrected chi connectivity index (χ0v) is 12.2. The number of fused-ring (bicyclic) bond motifs is 1. The molecular formula is C18H21N. The SMILES string of the molecule is C/C=C(C)/C(C)=C(\C)Cc1cccc2cccnc12. The van der Waals surface area contributed by atoms with Gasteiger partial charge in [-0.3, -0.25) is 4.98 Å². The average Bonchev–Trinajstić information content (AvgIpc) is 2.46. The van der Waals surface area contributed by atoms with Crippen molar-refractivity contribution in [2.45, 2.75) is 34.1 Å². The molecule has 0 bridgehead atoms. The lowest BCUT2D eigenvalue weighted by molar-refractivity contribution is 1.09. The standard InChI is InChI=1S/C18H21N/c1-5-13(2)15(4)14(3)12-17-9-6-8-16-10-7-11-19-18(16)17/h5-11H,12H2,1-4H3/b13-5+,15-14+. The topological polar surface area (TPSA) is 12.9 Å². The van der Waals surface area contributed by atoms with Gasteiger partial charge in [-0.05, 0) is 51.3 Å². The van der Waals surface area contributed by atoms with Crippen molar-refractivity contribution in [1.29, 1.82) is 0 Å². The number of nitrogens with zero attached hydrogens (tertiary/aromatic N) is 1. The summed E-state index contributed by atoms with van der Waals surface area (Å²) in [5, 5.41) is 1.22. The summed E-state index contributed by atoms with van der Waals surface area (Å²) in [5.41, 5.74) is 6.57. The molecule has 1 heteroatoms. The predicted octanol–water partition coefficient (Wildman–Crippen LogP) is 5.08. The normalized spacial score (nSPS) is 13.6. The van der Waals surface area contributed by atoms with Crippen molar-refractivity contribution in [3.63, 3.8) is 0 Å². The van der Waals surface area contributed by atoms with Crippen LogP contribution in [0.4, 0.5) is 0 Å². The lowest BCUT2D eigenvalue weighted by atomic mass is 9.96. The summed E-state index contributed by atoms with van der Waals surface area (Å²) in [7, 11) is 0. The fourth-order valence-corrected chi connectivity index (χ4v) is 2.28. The Balaban J connectivity index is 2.42. The fraction of sp³-hybridized carbons (Fsp3) is 0.278. The molecule has 0 radical (unpaired) electrons. The lowest BCUT2D eigenvalue weighted by Crippen LogP contribution is -1.94. The zero-order valence-electron chi connectivity index (χ0n) is 12.2. The molecule has 2 aromatic rings. The first-order valence-electron chi connectivity index (χ1n) is 6.75. The van der Waals surface area contributed by atoms with E-state index in [1.165, 1.54) is 27.7 Å². The molecule has 1 aromatic heterocycles. The number of rotatable bonds is 3. The average molecular weight is 251 g/mol. The second kappa shape index (κ2) is 5.83. The van der Waals surface area contributed by atoms with E-state index in [4.69, 9.17) is 0 Å². The van der Waals surface area contributed by atoms with Gasteiger partial charge in [-0.15, -0.1) is 0 Å². The van der Waals surface area contributed by atoms with Crippen LogP contribution in [-0.4, -0.2) is 4.98 Å². The van der Waals surface area contributed by atoms with E-state index in [2.05, 4.69) is 63.0 Å². The molecule has 0 aliphatic rings. The van der Waals surface area contributed by atoms with E-state index in [1.807, 2.05) is 12.3 Å². The molecule has 1 heterocycles. The van der Waals surface area contributed by atoms with Gasteiger partial charge >= 0.3 is 0 Å². The maximum atomic E-state index is 4.52. The summed E-state index contributed by atoms with van der Waals surface area (Å²) in [6.07, 6.45) is 5.00. The van der Waals surface area contributed by atoms with Gasteiger partial charge in [-0.1, -0.05) is 41.5 Å². The summed E-state index contributed by atoms with van der Waals surface area (Å²) in [4.78, 5) is 4.52. The number of allylic oxidation sites excluding steroid dienone is 4. The third kappa shape index (κ3) is 2.93. The van der Waals surface area contributed by atoms with Gasteiger partial charge < -0.3 is 0 Å². The molecule has 0 amide bonds. The molecule has 0 aliphatic carbocycles. The second-order valence-electron chi connectivity index (χ2n) is 5.05. The minimum atomic E-state index is 0.964. The predicted molar refractivity (Wildman–Crippen MR) is 83.3 cm³/mol. The van der Waals surface area contributed by atoms with Crippen LogP contribution in [0.3, 0.4) is 0 Å². The summed E-state index contributed by atoms with van der Waals surface area (Å²) in [5.74, 6) is 0. The number of para-hydroxylation sites is 1. The van der Waals surface area contributed by atoms with Crippen molar-refractivity contribution >= 4 is 10.9 Å². The number of hydrogen-bond acceptors (Lipinski definition) is 1. The summed E-state index contributed by atoms with van der Waals surface area (Å²) in [6, 6.07) is 10.5. The van der Waals surface area contributed by atoms with Gasteiger partial charge in [0.2, 0.25) is 0 Å². The molecule has 0 N–H and O–H groups in total. The number of hydrogen-bond donors (Lipinski definition) is 0. The van der Waals surface area contributed by atoms with E-state index in [-0.39, 0.29) is 0 Å². The molecule has 19 heavy (non-hydrogen) atoms. The van der Waals surface area contributed by atoms with Gasteiger partial charge in [0.25, 0.3) is 0 Å². The van der Waals surface area contributed by atoms with Crippen LogP contribution in [0.1, 0.15) is 33.3 Å². The Morgan fingerprint density at radius 1 is 1.11 bits per heavy atom. The lowest BCUT2D eigenvalue weighted by Gasteiger charge is -2.10. The Hall–Kier alpha value is -1.89. The monoisotopic (exact) mass is 251 g/mol. The quantitative estimate of drug-likeness (QED) is 0.693. The molecule has 1 aromatic carbocycles. The molecule has 98 valence electrons. The van der Waals surface area contributed by atoms with Crippen molar-refractivity contribution in [1.82, 2.24) is 4.98 Å². The third-order valence-electron chi connectivity index (χ3n) is 3.84.